The molecule has 0 unspecified atom stereocenters. The molecule has 1 aromatic carbocycles. The highest BCUT2D eigenvalue weighted by Crippen LogP contribution is 2.20. The predicted molar refractivity (Wildman–Crippen MR) is 58.5 cm³/mol. The zero-order chi connectivity index (χ0) is 12.2. The van der Waals surface area contributed by atoms with Crippen molar-refractivity contribution in [3.63, 3.8) is 0 Å². The van der Waals surface area contributed by atoms with Crippen LogP contribution in [-0.2, 0) is 0 Å². The third-order valence-electron chi connectivity index (χ3n) is 1.77. The summed E-state index contributed by atoms with van der Waals surface area (Å²) < 4.78 is 40.5. The van der Waals surface area contributed by atoms with Crippen molar-refractivity contribution >= 4 is 17.2 Å². The zero-order valence-electron chi connectivity index (χ0n) is 8.25. The molecular formula is C10H10F3NOS. The number of thiocarbonyl (C=S) groups is 1. The van der Waals surface area contributed by atoms with E-state index in [1.807, 2.05) is 0 Å². The summed E-state index contributed by atoms with van der Waals surface area (Å²) in [7, 11) is 0. The van der Waals surface area contributed by atoms with Crippen molar-refractivity contribution in [1.29, 1.82) is 0 Å². The predicted octanol–water partition coefficient (Wildman–Crippen LogP) is 2.65. The molecule has 0 aromatic heterocycles. The van der Waals surface area contributed by atoms with Gasteiger partial charge in [-0.1, -0.05) is 24.4 Å². The lowest BCUT2D eigenvalue weighted by Crippen LogP contribution is -2.13. The molecule has 0 bridgehead atoms. The van der Waals surface area contributed by atoms with Gasteiger partial charge in [-0.05, 0) is 12.1 Å². The van der Waals surface area contributed by atoms with Crippen LogP contribution < -0.4 is 10.5 Å². The van der Waals surface area contributed by atoms with E-state index < -0.39 is 19.2 Å². The van der Waals surface area contributed by atoms with Gasteiger partial charge >= 0.3 is 6.18 Å². The molecule has 2 N–H and O–H groups in total. The Hall–Kier alpha value is -1.30. The molecule has 0 spiro atoms. The lowest BCUT2D eigenvalue weighted by Gasteiger charge is -2.09. The highest BCUT2D eigenvalue weighted by atomic mass is 32.1. The van der Waals surface area contributed by atoms with Gasteiger partial charge in [-0.3, -0.25) is 0 Å². The van der Waals surface area contributed by atoms with Crippen LogP contribution in [0.25, 0.3) is 0 Å². The van der Waals surface area contributed by atoms with Crippen molar-refractivity contribution in [1.82, 2.24) is 0 Å². The Morgan fingerprint density at radius 2 is 2.06 bits per heavy atom. The van der Waals surface area contributed by atoms with Gasteiger partial charge in [-0.25, -0.2) is 0 Å². The quantitative estimate of drug-likeness (QED) is 0.833. The molecule has 0 atom stereocenters. The van der Waals surface area contributed by atoms with Gasteiger partial charge in [-0.15, -0.1) is 0 Å². The lowest BCUT2D eigenvalue weighted by atomic mass is 10.2. The molecular weight excluding hydrogens is 239 g/mol. The molecule has 0 heterocycles. The van der Waals surface area contributed by atoms with Gasteiger partial charge in [0.15, 0.2) is 0 Å². The molecule has 0 aliphatic carbocycles. The first kappa shape index (κ1) is 12.8. The Balaban J connectivity index is 2.55. The van der Waals surface area contributed by atoms with Crippen LogP contribution >= 0.6 is 12.2 Å². The number of hydrogen-bond acceptors (Lipinski definition) is 2. The topological polar surface area (TPSA) is 35.2 Å². The summed E-state index contributed by atoms with van der Waals surface area (Å²) in [6.45, 7) is -0.412. The van der Waals surface area contributed by atoms with E-state index >= 15 is 0 Å². The second-order valence-electron chi connectivity index (χ2n) is 3.11. The molecule has 0 saturated carbocycles. The summed E-state index contributed by atoms with van der Waals surface area (Å²) in [5.74, 6) is 0.328. The van der Waals surface area contributed by atoms with Crippen LogP contribution in [0.5, 0.6) is 5.75 Å². The van der Waals surface area contributed by atoms with Gasteiger partial charge in [0, 0.05) is 5.56 Å². The van der Waals surface area contributed by atoms with Gasteiger partial charge in [0.05, 0.1) is 13.0 Å². The molecule has 0 fully saturated rings. The van der Waals surface area contributed by atoms with Gasteiger partial charge in [0.2, 0.25) is 0 Å². The van der Waals surface area contributed by atoms with Crippen molar-refractivity contribution in [3.8, 4) is 5.75 Å². The number of alkyl halides is 3. The summed E-state index contributed by atoms with van der Waals surface area (Å²) in [6.07, 6.45) is -5.19. The molecule has 0 amide bonds. The second kappa shape index (κ2) is 5.16. The Labute approximate surface area is 96.2 Å². The average Bonchev–Trinajstić information content (AvgIpc) is 2.16. The summed E-state index contributed by atoms with van der Waals surface area (Å²) >= 11 is 4.74. The van der Waals surface area contributed by atoms with Crippen LogP contribution in [0, 0.1) is 0 Å². The second-order valence-corrected chi connectivity index (χ2v) is 3.55. The largest absolute Gasteiger partial charge is 0.493 e. The van der Waals surface area contributed by atoms with Crippen molar-refractivity contribution in [2.45, 2.75) is 12.6 Å². The summed E-state index contributed by atoms with van der Waals surface area (Å²) in [5, 5.41) is 0. The first-order chi connectivity index (χ1) is 7.38. The minimum atomic E-state index is -4.21. The fourth-order valence-electron chi connectivity index (χ4n) is 1.02. The maximum absolute atomic E-state index is 11.8. The first-order valence-electron chi connectivity index (χ1n) is 4.48. The number of hydrogen-bond donors (Lipinski definition) is 1. The van der Waals surface area contributed by atoms with Crippen LogP contribution in [0.4, 0.5) is 13.2 Å². The number of halogens is 3. The Kier molecular flexibility index (Phi) is 4.12. The van der Waals surface area contributed by atoms with E-state index in [0.29, 0.717) is 11.3 Å². The van der Waals surface area contributed by atoms with E-state index in [1.165, 1.54) is 6.07 Å². The molecule has 1 rings (SSSR count). The maximum atomic E-state index is 11.8. The van der Waals surface area contributed by atoms with Crippen molar-refractivity contribution in [2.24, 2.45) is 5.73 Å². The molecule has 0 aliphatic heterocycles. The number of ether oxygens (including phenoxy) is 1. The average molecular weight is 249 g/mol. The molecule has 2 nitrogen and oxygen atoms in total. The molecule has 16 heavy (non-hydrogen) atoms. The van der Waals surface area contributed by atoms with Gasteiger partial charge in [-0.2, -0.15) is 13.2 Å². The van der Waals surface area contributed by atoms with E-state index in [0.717, 1.165) is 0 Å². The van der Waals surface area contributed by atoms with Crippen molar-refractivity contribution < 1.29 is 17.9 Å². The lowest BCUT2D eigenvalue weighted by molar-refractivity contribution is -0.139. The molecule has 6 heteroatoms. The van der Waals surface area contributed by atoms with E-state index in [2.05, 4.69) is 0 Å². The van der Waals surface area contributed by atoms with Crippen LogP contribution in [0.3, 0.4) is 0 Å². The molecule has 0 saturated heterocycles. The summed E-state index contributed by atoms with van der Waals surface area (Å²) in [5.41, 5.74) is 5.95. The van der Waals surface area contributed by atoms with Crippen LogP contribution in [0.2, 0.25) is 0 Å². The number of benzene rings is 1. The van der Waals surface area contributed by atoms with Gasteiger partial charge in [0.25, 0.3) is 0 Å². The molecule has 0 radical (unpaired) electrons. The van der Waals surface area contributed by atoms with Crippen LogP contribution in [0.1, 0.15) is 12.0 Å². The maximum Gasteiger partial charge on any atom is 0.392 e. The highest BCUT2D eigenvalue weighted by Gasteiger charge is 2.26. The van der Waals surface area contributed by atoms with Crippen LogP contribution in [0.15, 0.2) is 24.3 Å². The first-order valence-corrected chi connectivity index (χ1v) is 4.89. The van der Waals surface area contributed by atoms with E-state index in [-0.39, 0.29) is 4.99 Å². The SMILES string of the molecule is NC(=S)c1cccc(OCCC(F)(F)F)c1. The number of rotatable bonds is 4. The van der Waals surface area contributed by atoms with Crippen molar-refractivity contribution in [2.75, 3.05) is 6.61 Å². The van der Waals surface area contributed by atoms with Crippen molar-refractivity contribution in [3.05, 3.63) is 29.8 Å². The van der Waals surface area contributed by atoms with Gasteiger partial charge in [0.1, 0.15) is 10.7 Å². The minimum Gasteiger partial charge on any atom is -0.493 e. The normalized spacial score (nSPS) is 11.2. The fraction of sp³-hybridized carbons (Fsp3) is 0.300. The molecule has 88 valence electrons. The Morgan fingerprint density at radius 1 is 1.38 bits per heavy atom. The van der Waals surface area contributed by atoms with E-state index in [4.69, 9.17) is 22.7 Å². The Morgan fingerprint density at radius 3 is 2.62 bits per heavy atom. The monoisotopic (exact) mass is 249 g/mol. The third kappa shape index (κ3) is 4.48. The van der Waals surface area contributed by atoms with Gasteiger partial charge < -0.3 is 10.5 Å². The van der Waals surface area contributed by atoms with E-state index in [9.17, 15) is 13.2 Å². The van der Waals surface area contributed by atoms with E-state index in [1.54, 1.807) is 18.2 Å². The van der Waals surface area contributed by atoms with Crippen LogP contribution in [-0.4, -0.2) is 17.8 Å². The summed E-state index contributed by atoms with van der Waals surface area (Å²) in [6, 6.07) is 6.35. The standard InChI is InChI=1S/C10H10F3NOS/c11-10(12,13)4-5-15-8-3-1-2-7(6-8)9(14)16/h1-3,6H,4-5H2,(H2,14,16). The molecule has 1 aromatic rings. The third-order valence-corrected chi connectivity index (χ3v) is 2.01. The molecule has 0 aliphatic rings. The Bertz CT molecular complexity index is 379. The minimum absolute atomic E-state index is 0.182. The fourth-order valence-corrected chi connectivity index (χ4v) is 1.15. The smallest absolute Gasteiger partial charge is 0.392 e. The highest BCUT2D eigenvalue weighted by molar-refractivity contribution is 7.80. The zero-order valence-corrected chi connectivity index (χ0v) is 9.07. The summed E-state index contributed by atoms with van der Waals surface area (Å²) in [4.78, 5) is 0.182. The number of nitrogens with two attached hydrogens (primary N) is 1.